The molecule has 19 heavy (non-hydrogen) atoms. The van der Waals surface area contributed by atoms with Crippen molar-refractivity contribution in [2.75, 3.05) is 13.2 Å². The van der Waals surface area contributed by atoms with E-state index in [2.05, 4.69) is 26.1 Å². The van der Waals surface area contributed by atoms with Crippen LogP contribution in [0, 0.1) is 5.41 Å². The van der Waals surface area contributed by atoms with Crippen LogP contribution < -0.4 is 5.32 Å². The van der Waals surface area contributed by atoms with E-state index in [4.69, 9.17) is 0 Å². The largest absolute Gasteiger partial charge is 0.396 e. The summed E-state index contributed by atoms with van der Waals surface area (Å²) in [5, 5.41) is 12.1. The zero-order valence-corrected chi connectivity index (χ0v) is 12.6. The maximum absolute atomic E-state index is 12.3. The van der Waals surface area contributed by atoms with Crippen molar-refractivity contribution in [2.45, 2.75) is 40.0 Å². The number of aliphatic hydroxyl groups is 1. The van der Waals surface area contributed by atoms with E-state index >= 15 is 0 Å². The summed E-state index contributed by atoms with van der Waals surface area (Å²) < 4.78 is 0. The van der Waals surface area contributed by atoms with Gasteiger partial charge in [0, 0.05) is 24.1 Å². The number of hydrogen-bond acceptors (Lipinski definition) is 2. The molecule has 0 radical (unpaired) electrons. The Morgan fingerprint density at radius 2 is 1.74 bits per heavy atom. The minimum Gasteiger partial charge on any atom is -0.396 e. The summed E-state index contributed by atoms with van der Waals surface area (Å²) in [6.45, 7) is 10.6. The molecule has 0 aliphatic rings. The van der Waals surface area contributed by atoms with Gasteiger partial charge in [0.15, 0.2) is 0 Å². The molecule has 0 unspecified atom stereocenters. The van der Waals surface area contributed by atoms with Gasteiger partial charge in [0.1, 0.15) is 0 Å². The fourth-order valence-corrected chi connectivity index (χ4v) is 1.81. The summed E-state index contributed by atoms with van der Waals surface area (Å²) >= 11 is 0. The minimum absolute atomic E-state index is 0.0498. The number of rotatable bonds is 4. The Kier molecular flexibility index (Phi) is 4.75. The lowest BCUT2D eigenvalue weighted by molar-refractivity contribution is 0.0909. The smallest absolute Gasteiger partial charge is 0.251 e. The molecule has 0 aliphatic heterocycles. The van der Waals surface area contributed by atoms with E-state index in [1.807, 2.05) is 38.1 Å². The Labute approximate surface area is 116 Å². The molecule has 106 valence electrons. The first-order chi connectivity index (χ1) is 8.67. The summed E-state index contributed by atoms with van der Waals surface area (Å²) in [6.07, 6.45) is 0. The number of aliphatic hydroxyl groups excluding tert-OH is 1. The average Bonchev–Trinajstić information content (AvgIpc) is 2.35. The van der Waals surface area contributed by atoms with Crippen LogP contribution in [-0.2, 0) is 5.41 Å². The van der Waals surface area contributed by atoms with Crippen LogP contribution in [0.4, 0.5) is 0 Å². The van der Waals surface area contributed by atoms with Gasteiger partial charge in [0.2, 0.25) is 0 Å². The molecule has 1 amide bonds. The highest BCUT2D eigenvalue weighted by Crippen LogP contribution is 2.25. The van der Waals surface area contributed by atoms with Crippen molar-refractivity contribution < 1.29 is 9.90 Å². The van der Waals surface area contributed by atoms with Gasteiger partial charge in [0.05, 0.1) is 0 Å². The van der Waals surface area contributed by atoms with Gasteiger partial charge < -0.3 is 10.4 Å². The summed E-state index contributed by atoms with van der Waals surface area (Å²) in [5.41, 5.74) is 1.38. The highest BCUT2D eigenvalue weighted by Gasteiger charge is 2.23. The Hall–Kier alpha value is -1.35. The molecule has 0 aromatic heterocycles. The Balaban J connectivity index is 2.90. The molecule has 1 rings (SSSR count). The molecule has 0 saturated heterocycles. The number of hydrogen-bond donors (Lipinski definition) is 2. The third-order valence-electron chi connectivity index (χ3n) is 3.14. The van der Waals surface area contributed by atoms with E-state index in [1.54, 1.807) is 0 Å². The lowest BCUT2D eigenvalue weighted by Crippen LogP contribution is -2.37. The SMILES string of the molecule is CC(C)(CO)CNC(=O)c1ccccc1C(C)(C)C. The first kappa shape index (κ1) is 15.7. The van der Waals surface area contributed by atoms with Crippen LogP contribution in [0.2, 0.25) is 0 Å². The fourth-order valence-electron chi connectivity index (χ4n) is 1.81. The van der Waals surface area contributed by atoms with Crippen LogP contribution in [0.5, 0.6) is 0 Å². The van der Waals surface area contributed by atoms with Crippen LogP contribution in [0.15, 0.2) is 24.3 Å². The molecule has 0 bridgehead atoms. The number of amides is 1. The van der Waals surface area contributed by atoms with Crippen molar-refractivity contribution in [3.63, 3.8) is 0 Å². The fraction of sp³-hybridized carbons (Fsp3) is 0.562. The maximum atomic E-state index is 12.3. The van der Waals surface area contributed by atoms with Gasteiger partial charge in [-0.15, -0.1) is 0 Å². The average molecular weight is 263 g/mol. The van der Waals surface area contributed by atoms with Gasteiger partial charge in [-0.05, 0) is 17.0 Å². The molecule has 1 aromatic rings. The normalized spacial score (nSPS) is 12.3. The molecule has 0 heterocycles. The molecule has 3 nitrogen and oxygen atoms in total. The van der Waals surface area contributed by atoms with Crippen LogP contribution in [0.25, 0.3) is 0 Å². The molecule has 0 aliphatic carbocycles. The van der Waals surface area contributed by atoms with Crippen molar-refractivity contribution in [3.05, 3.63) is 35.4 Å². The van der Waals surface area contributed by atoms with Gasteiger partial charge in [-0.3, -0.25) is 4.79 Å². The van der Waals surface area contributed by atoms with E-state index in [0.29, 0.717) is 12.1 Å². The summed E-state index contributed by atoms with van der Waals surface area (Å²) in [5.74, 6) is -0.0768. The van der Waals surface area contributed by atoms with Crippen LogP contribution in [0.1, 0.15) is 50.5 Å². The summed E-state index contributed by atoms with van der Waals surface area (Å²) in [4.78, 5) is 12.3. The Morgan fingerprint density at radius 1 is 1.16 bits per heavy atom. The van der Waals surface area contributed by atoms with Gasteiger partial charge in [-0.1, -0.05) is 52.8 Å². The quantitative estimate of drug-likeness (QED) is 0.877. The predicted molar refractivity (Wildman–Crippen MR) is 78.3 cm³/mol. The highest BCUT2D eigenvalue weighted by atomic mass is 16.3. The molecule has 0 atom stereocenters. The van der Waals surface area contributed by atoms with Crippen LogP contribution in [0.3, 0.4) is 0 Å². The lowest BCUT2D eigenvalue weighted by Gasteiger charge is -2.25. The number of carbonyl (C=O) groups excluding carboxylic acids is 1. The second kappa shape index (κ2) is 5.74. The Morgan fingerprint density at radius 3 is 2.26 bits per heavy atom. The molecule has 0 spiro atoms. The summed E-state index contributed by atoms with van der Waals surface area (Å²) in [7, 11) is 0. The topological polar surface area (TPSA) is 49.3 Å². The minimum atomic E-state index is -0.299. The van der Waals surface area contributed by atoms with Gasteiger partial charge >= 0.3 is 0 Å². The second-order valence-corrected chi connectivity index (χ2v) is 6.80. The van der Waals surface area contributed by atoms with Crippen molar-refractivity contribution in [1.82, 2.24) is 5.32 Å². The monoisotopic (exact) mass is 263 g/mol. The molecule has 0 fully saturated rings. The number of benzene rings is 1. The van der Waals surface area contributed by atoms with E-state index < -0.39 is 0 Å². The van der Waals surface area contributed by atoms with Gasteiger partial charge in [-0.25, -0.2) is 0 Å². The first-order valence-electron chi connectivity index (χ1n) is 6.66. The zero-order chi connectivity index (χ0) is 14.7. The molecular weight excluding hydrogens is 238 g/mol. The van der Waals surface area contributed by atoms with Crippen molar-refractivity contribution in [1.29, 1.82) is 0 Å². The number of carbonyl (C=O) groups is 1. The first-order valence-corrected chi connectivity index (χ1v) is 6.66. The predicted octanol–water partition coefficient (Wildman–Crippen LogP) is 2.73. The van der Waals surface area contributed by atoms with E-state index in [9.17, 15) is 9.90 Å². The van der Waals surface area contributed by atoms with Crippen LogP contribution >= 0.6 is 0 Å². The van der Waals surface area contributed by atoms with E-state index in [-0.39, 0.29) is 23.3 Å². The second-order valence-electron chi connectivity index (χ2n) is 6.80. The molecule has 0 saturated carbocycles. The van der Waals surface area contributed by atoms with Crippen molar-refractivity contribution >= 4 is 5.91 Å². The van der Waals surface area contributed by atoms with Crippen molar-refractivity contribution in [2.24, 2.45) is 5.41 Å². The van der Waals surface area contributed by atoms with Gasteiger partial charge in [-0.2, -0.15) is 0 Å². The Bertz CT molecular complexity index is 444. The molecular formula is C16H25NO2. The standard InChI is InChI=1S/C16H25NO2/c1-15(2,3)13-9-7-6-8-12(13)14(19)17-10-16(4,5)11-18/h6-9,18H,10-11H2,1-5H3,(H,17,19). The number of nitrogens with one attached hydrogen (secondary N) is 1. The third kappa shape index (κ3) is 4.35. The van der Waals surface area contributed by atoms with E-state index in [0.717, 1.165) is 5.56 Å². The van der Waals surface area contributed by atoms with Crippen LogP contribution in [-0.4, -0.2) is 24.2 Å². The zero-order valence-electron chi connectivity index (χ0n) is 12.6. The highest BCUT2D eigenvalue weighted by molar-refractivity contribution is 5.96. The van der Waals surface area contributed by atoms with Crippen molar-refractivity contribution in [3.8, 4) is 0 Å². The van der Waals surface area contributed by atoms with Gasteiger partial charge in [0.25, 0.3) is 5.91 Å². The third-order valence-corrected chi connectivity index (χ3v) is 3.14. The molecule has 3 heteroatoms. The summed E-state index contributed by atoms with van der Waals surface area (Å²) in [6, 6.07) is 7.67. The molecule has 2 N–H and O–H groups in total. The van der Waals surface area contributed by atoms with E-state index in [1.165, 1.54) is 0 Å². The maximum Gasteiger partial charge on any atom is 0.251 e. The molecule has 1 aromatic carbocycles. The lowest BCUT2D eigenvalue weighted by atomic mass is 9.83.